The van der Waals surface area contributed by atoms with E-state index in [0.29, 0.717) is 27.3 Å². The number of anilines is 2. The van der Waals surface area contributed by atoms with Gasteiger partial charge in [0.2, 0.25) is 0 Å². The topological polar surface area (TPSA) is 92.2 Å². The van der Waals surface area contributed by atoms with Gasteiger partial charge in [-0.05, 0) is 81.1 Å². The normalized spacial score (nSPS) is 10.8. The molecular formula is C28H27ClN4O3. The summed E-state index contributed by atoms with van der Waals surface area (Å²) in [4.78, 5) is 39.1. The van der Waals surface area contributed by atoms with Gasteiger partial charge in [0.05, 0.1) is 5.52 Å². The van der Waals surface area contributed by atoms with E-state index in [1.807, 2.05) is 65.0 Å². The molecule has 0 aliphatic carbocycles. The number of aryl methyl sites for hydroxylation is 5. The molecule has 0 bridgehead atoms. The lowest BCUT2D eigenvalue weighted by molar-refractivity contribution is -0.133. The van der Waals surface area contributed by atoms with E-state index in [1.54, 1.807) is 24.3 Å². The van der Waals surface area contributed by atoms with Crippen molar-refractivity contribution in [3.8, 4) is 0 Å². The standard InChI is InChI=1S/C28H27ClN4O3/c1-15-11-18(4)25(19(5)12-15)31-27(35)28(36)32-33-22-10-9-21(29)13-20(22)14-23(33)26(34)30-24-16(2)7-6-8-17(24)3/h6-14H,1-5H3,(H,30,34)(H,31,35)(H,32,36). The van der Waals surface area contributed by atoms with Gasteiger partial charge in [0.15, 0.2) is 0 Å². The van der Waals surface area contributed by atoms with Crippen molar-refractivity contribution >= 4 is 51.6 Å². The van der Waals surface area contributed by atoms with Crippen LogP contribution in [0.1, 0.15) is 38.3 Å². The number of carbonyl (C=O) groups excluding carboxylic acids is 3. The van der Waals surface area contributed by atoms with Gasteiger partial charge in [-0.1, -0.05) is 47.5 Å². The van der Waals surface area contributed by atoms with Crippen LogP contribution in [0, 0.1) is 34.6 Å². The van der Waals surface area contributed by atoms with Crippen LogP contribution in [0.15, 0.2) is 54.6 Å². The number of halogens is 1. The molecule has 0 saturated heterocycles. The Bertz CT molecular complexity index is 1490. The molecule has 7 nitrogen and oxygen atoms in total. The van der Waals surface area contributed by atoms with E-state index in [0.717, 1.165) is 27.8 Å². The lowest BCUT2D eigenvalue weighted by Gasteiger charge is -2.16. The molecular weight excluding hydrogens is 476 g/mol. The summed E-state index contributed by atoms with van der Waals surface area (Å²) in [5, 5.41) is 6.74. The molecule has 0 radical (unpaired) electrons. The first-order valence-electron chi connectivity index (χ1n) is 11.4. The summed E-state index contributed by atoms with van der Waals surface area (Å²) < 4.78 is 1.31. The minimum atomic E-state index is -0.914. The van der Waals surface area contributed by atoms with Gasteiger partial charge in [-0.15, -0.1) is 0 Å². The number of carbonyl (C=O) groups is 3. The van der Waals surface area contributed by atoms with Gasteiger partial charge in [-0.2, -0.15) is 0 Å². The summed E-state index contributed by atoms with van der Waals surface area (Å²) in [5.74, 6) is -2.20. The van der Waals surface area contributed by atoms with Gasteiger partial charge < -0.3 is 10.6 Å². The fourth-order valence-corrected chi connectivity index (χ4v) is 4.54. The molecule has 36 heavy (non-hydrogen) atoms. The minimum Gasteiger partial charge on any atom is -0.320 e. The van der Waals surface area contributed by atoms with Gasteiger partial charge in [-0.3, -0.25) is 19.8 Å². The summed E-state index contributed by atoms with van der Waals surface area (Å²) in [6.07, 6.45) is 0. The van der Waals surface area contributed by atoms with E-state index in [-0.39, 0.29) is 5.69 Å². The molecule has 0 fully saturated rings. The summed E-state index contributed by atoms with van der Waals surface area (Å²) >= 11 is 6.16. The largest absolute Gasteiger partial charge is 0.328 e. The van der Waals surface area contributed by atoms with E-state index in [2.05, 4.69) is 16.1 Å². The molecule has 4 rings (SSSR count). The maximum Gasteiger partial charge on any atom is 0.328 e. The molecule has 0 unspecified atom stereocenters. The Kier molecular flexibility index (Phi) is 6.86. The minimum absolute atomic E-state index is 0.152. The predicted octanol–water partition coefficient (Wildman–Crippen LogP) is 5.80. The maximum absolute atomic E-state index is 13.3. The molecule has 184 valence electrons. The van der Waals surface area contributed by atoms with Gasteiger partial charge in [0, 0.05) is 21.8 Å². The number of nitrogens with one attached hydrogen (secondary N) is 3. The third-order valence-corrected chi connectivity index (χ3v) is 6.29. The SMILES string of the molecule is Cc1cc(C)c(NC(=O)C(=O)Nn2c(C(=O)Nc3c(C)cccc3C)cc3cc(Cl)ccc32)c(C)c1. The van der Waals surface area contributed by atoms with Crippen LogP contribution >= 0.6 is 11.6 Å². The first-order chi connectivity index (χ1) is 17.0. The Morgan fingerprint density at radius 2 is 1.33 bits per heavy atom. The number of hydrogen-bond donors (Lipinski definition) is 3. The number of amides is 3. The molecule has 3 aromatic carbocycles. The summed E-state index contributed by atoms with van der Waals surface area (Å²) in [6, 6.07) is 16.2. The zero-order valence-corrected chi connectivity index (χ0v) is 21.5. The fourth-order valence-electron chi connectivity index (χ4n) is 4.36. The van der Waals surface area contributed by atoms with Crippen LogP contribution in [0.2, 0.25) is 5.02 Å². The smallest absolute Gasteiger partial charge is 0.320 e. The predicted molar refractivity (Wildman–Crippen MR) is 144 cm³/mol. The molecule has 8 heteroatoms. The van der Waals surface area contributed by atoms with Gasteiger partial charge in [0.25, 0.3) is 5.91 Å². The number of fused-ring (bicyclic) bond motifs is 1. The second-order valence-corrected chi connectivity index (χ2v) is 9.39. The quantitative estimate of drug-likeness (QED) is 0.308. The second kappa shape index (κ2) is 9.87. The van der Waals surface area contributed by atoms with Crippen LogP contribution in [0.25, 0.3) is 10.9 Å². The number of rotatable bonds is 4. The first-order valence-corrected chi connectivity index (χ1v) is 11.8. The van der Waals surface area contributed by atoms with Crippen molar-refractivity contribution in [1.82, 2.24) is 4.68 Å². The number of para-hydroxylation sites is 1. The third-order valence-electron chi connectivity index (χ3n) is 6.05. The number of benzene rings is 3. The van der Waals surface area contributed by atoms with Crippen molar-refractivity contribution in [2.45, 2.75) is 34.6 Å². The average molecular weight is 503 g/mol. The highest BCUT2D eigenvalue weighted by molar-refractivity contribution is 6.42. The Morgan fingerprint density at radius 1 is 0.722 bits per heavy atom. The van der Waals surface area contributed by atoms with Crippen molar-refractivity contribution < 1.29 is 14.4 Å². The summed E-state index contributed by atoms with van der Waals surface area (Å²) in [5.41, 5.74) is 9.09. The maximum atomic E-state index is 13.3. The van der Waals surface area contributed by atoms with E-state index < -0.39 is 17.7 Å². The zero-order valence-electron chi connectivity index (χ0n) is 20.7. The highest BCUT2D eigenvalue weighted by Gasteiger charge is 2.22. The molecule has 1 heterocycles. The molecule has 0 saturated carbocycles. The Morgan fingerprint density at radius 3 is 1.97 bits per heavy atom. The summed E-state index contributed by atoms with van der Waals surface area (Å²) in [6.45, 7) is 9.50. The van der Waals surface area contributed by atoms with Crippen molar-refractivity contribution in [3.05, 3.63) is 93.1 Å². The van der Waals surface area contributed by atoms with E-state index in [4.69, 9.17) is 11.6 Å². The van der Waals surface area contributed by atoms with Crippen LogP contribution in [0.3, 0.4) is 0 Å². The molecule has 3 N–H and O–H groups in total. The first kappa shape index (κ1) is 25.0. The Balaban J connectivity index is 1.66. The van der Waals surface area contributed by atoms with E-state index in [1.165, 1.54) is 4.68 Å². The molecule has 3 amide bonds. The Labute approximate surface area is 214 Å². The van der Waals surface area contributed by atoms with Crippen LogP contribution in [0.5, 0.6) is 0 Å². The second-order valence-electron chi connectivity index (χ2n) is 8.96. The van der Waals surface area contributed by atoms with Crippen molar-refractivity contribution in [2.24, 2.45) is 0 Å². The Hall–Kier alpha value is -4.10. The third kappa shape index (κ3) is 4.97. The highest BCUT2D eigenvalue weighted by Crippen LogP contribution is 2.26. The molecule has 4 aromatic rings. The molecule has 1 aromatic heterocycles. The monoisotopic (exact) mass is 502 g/mol. The fraction of sp³-hybridized carbons (Fsp3) is 0.179. The lowest BCUT2D eigenvalue weighted by Crippen LogP contribution is -2.36. The van der Waals surface area contributed by atoms with Crippen molar-refractivity contribution in [3.63, 3.8) is 0 Å². The van der Waals surface area contributed by atoms with Crippen LogP contribution in [-0.2, 0) is 9.59 Å². The van der Waals surface area contributed by atoms with Crippen molar-refractivity contribution in [2.75, 3.05) is 16.1 Å². The van der Waals surface area contributed by atoms with Crippen molar-refractivity contribution in [1.29, 1.82) is 0 Å². The lowest BCUT2D eigenvalue weighted by atomic mass is 10.1. The number of nitrogens with zero attached hydrogens (tertiary/aromatic N) is 1. The number of aromatic nitrogens is 1. The van der Waals surface area contributed by atoms with Crippen LogP contribution < -0.4 is 16.1 Å². The zero-order chi connectivity index (χ0) is 26.1. The van der Waals surface area contributed by atoms with Gasteiger partial charge in [-0.25, -0.2) is 4.68 Å². The van der Waals surface area contributed by atoms with Gasteiger partial charge in [0.1, 0.15) is 5.69 Å². The molecule has 0 aliphatic heterocycles. The highest BCUT2D eigenvalue weighted by atomic mass is 35.5. The van der Waals surface area contributed by atoms with Crippen LogP contribution in [0.4, 0.5) is 11.4 Å². The molecule has 0 atom stereocenters. The van der Waals surface area contributed by atoms with Gasteiger partial charge >= 0.3 is 11.8 Å². The van der Waals surface area contributed by atoms with E-state index in [9.17, 15) is 14.4 Å². The average Bonchev–Trinajstić information content (AvgIpc) is 3.15. The van der Waals surface area contributed by atoms with Crippen LogP contribution in [-0.4, -0.2) is 22.4 Å². The molecule has 0 spiro atoms. The molecule has 0 aliphatic rings. The van der Waals surface area contributed by atoms with E-state index >= 15 is 0 Å². The summed E-state index contributed by atoms with van der Waals surface area (Å²) in [7, 11) is 0. The number of hydrogen-bond acceptors (Lipinski definition) is 3.